The Balaban J connectivity index is 2.38. The van der Waals surface area contributed by atoms with E-state index >= 15 is 0 Å². The van der Waals surface area contributed by atoms with Gasteiger partial charge in [-0.15, -0.1) is 0 Å². The van der Waals surface area contributed by atoms with Gasteiger partial charge in [-0.3, -0.25) is 10.1 Å². The van der Waals surface area contributed by atoms with Crippen molar-refractivity contribution in [3.8, 4) is 17.6 Å². The smallest absolute Gasteiger partial charge is 0.313 e. The minimum atomic E-state index is -0.591. The van der Waals surface area contributed by atoms with Crippen LogP contribution in [0.1, 0.15) is 5.56 Å². The molecule has 2 aromatic carbocycles. The second kappa shape index (κ2) is 5.78. The highest BCUT2D eigenvalue weighted by Gasteiger charge is 2.16. The van der Waals surface area contributed by atoms with E-state index in [4.69, 9.17) is 33.2 Å². The largest absolute Gasteiger partial charge is 0.450 e. The Morgan fingerprint density at radius 3 is 2.55 bits per heavy atom. The summed E-state index contributed by atoms with van der Waals surface area (Å²) < 4.78 is 5.41. The van der Waals surface area contributed by atoms with Gasteiger partial charge in [0.2, 0.25) is 5.75 Å². The second-order valence-corrected chi connectivity index (χ2v) is 4.57. The zero-order valence-electron chi connectivity index (χ0n) is 9.84. The lowest BCUT2D eigenvalue weighted by Gasteiger charge is -2.07. The number of nitro benzene ring substituents is 1. The van der Waals surface area contributed by atoms with Gasteiger partial charge < -0.3 is 4.74 Å². The van der Waals surface area contributed by atoms with Crippen LogP contribution < -0.4 is 4.74 Å². The minimum absolute atomic E-state index is 0.0418. The summed E-state index contributed by atoms with van der Waals surface area (Å²) in [4.78, 5) is 10.3. The lowest BCUT2D eigenvalue weighted by molar-refractivity contribution is -0.385. The van der Waals surface area contributed by atoms with Gasteiger partial charge in [-0.1, -0.05) is 23.2 Å². The average molecular weight is 309 g/mol. The third kappa shape index (κ3) is 2.99. The molecule has 0 aliphatic carbocycles. The summed E-state index contributed by atoms with van der Waals surface area (Å²) >= 11 is 11.6. The molecule has 2 aromatic rings. The number of benzene rings is 2. The zero-order valence-corrected chi connectivity index (χ0v) is 11.4. The molecule has 0 amide bonds. The molecule has 0 spiro atoms. The fourth-order valence-electron chi connectivity index (χ4n) is 1.50. The molecule has 0 aromatic heterocycles. The van der Waals surface area contributed by atoms with Crippen molar-refractivity contribution in [1.82, 2.24) is 0 Å². The van der Waals surface area contributed by atoms with Crippen molar-refractivity contribution < 1.29 is 9.66 Å². The first kappa shape index (κ1) is 14.1. The molecule has 0 atom stereocenters. The number of rotatable bonds is 3. The summed E-state index contributed by atoms with van der Waals surface area (Å²) in [6.45, 7) is 0. The third-order valence-corrected chi connectivity index (χ3v) is 2.95. The van der Waals surface area contributed by atoms with Crippen molar-refractivity contribution in [2.24, 2.45) is 0 Å². The normalized spacial score (nSPS) is 9.85. The second-order valence-electron chi connectivity index (χ2n) is 3.72. The molecule has 0 radical (unpaired) electrons. The number of ether oxygens (including phenoxy) is 1. The van der Waals surface area contributed by atoms with Crippen molar-refractivity contribution in [1.29, 1.82) is 5.26 Å². The molecule has 0 bridgehead atoms. The summed E-state index contributed by atoms with van der Waals surface area (Å²) in [6, 6.07) is 10.4. The molecule has 0 aliphatic rings. The van der Waals surface area contributed by atoms with Gasteiger partial charge in [0.1, 0.15) is 11.8 Å². The topological polar surface area (TPSA) is 76.2 Å². The minimum Gasteiger partial charge on any atom is -0.450 e. The highest BCUT2D eigenvalue weighted by atomic mass is 35.5. The van der Waals surface area contributed by atoms with Crippen molar-refractivity contribution >= 4 is 28.9 Å². The van der Waals surface area contributed by atoms with Gasteiger partial charge in [-0.05, 0) is 24.3 Å². The van der Waals surface area contributed by atoms with Gasteiger partial charge in [-0.2, -0.15) is 5.26 Å². The van der Waals surface area contributed by atoms with E-state index in [-0.39, 0.29) is 21.5 Å². The van der Waals surface area contributed by atoms with Crippen LogP contribution in [0.2, 0.25) is 10.0 Å². The molecule has 0 unspecified atom stereocenters. The van der Waals surface area contributed by atoms with Crippen molar-refractivity contribution in [2.75, 3.05) is 0 Å². The molecule has 20 heavy (non-hydrogen) atoms. The van der Waals surface area contributed by atoms with E-state index in [1.807, 2.05) is 6.07 Å². The van der Waals surface area contributed by atoms with Gasteiger partial charge in [0, 0.05) is 17.2 Å². The fraction of sp³-hybridized carbons (Fsp3) is 0. The van der Waals surface area contributed by atoms with Crippen LogP contribution in [0.15, 0.2) is 36.4 Å². The average Bonchev–Trinajstić information content (AvgIpc) is 2.41. The van der Waals surface area contributed by atoms with Crippen LogP contribution in [-0.4, -0.2) is 4.92 Å². The molecule has 5 nitrogen and oxygen atoms in total. The summed E-state index contributed by atoms with van der Waals surface area (Å²) in [5.41, 5.74) is 0.0441. The summed E-state index contributed by atoms with van der Waals surface area (Å²) in [6.07, 6.45) is 0. The molecular weight excluding hydrogens is 303 g/mol. The molecule has 0 saturated carbocycles. The number of halogens is 2. The maximum atomic E-state index is 10.9. The highest BCUT2D eigenvalue weighted by Crippen LogP contribution is 2.34. The summed E-state index contributed by atoms with van der Waals surface area (Å²) in [5.74, 6) is 0.333. The molecule has 0 aliphatic heterocycles. The molecular formula is C13H6Cl2N2O3. The third-order valence-electron chi connectivity index (χ3n) is 2.41. The first-order valence-corrected chi connectivity index (χ1v) is 6.08. The van der Waals surface area contributed by atoms with Crippen LogP contribution in [0.25, 0.3) is 0 Å². The number of nitrogens with zero attached hydrogens (tertiary/aromatic N) is 2. The molecule has 0 N–H and O–H groups in total. The zero-order chi connectivity index (χ0) is 14.7. The number of hydrogen-bond donors (Lipinski definition) is 0. The molecule has 0 heterocycles. The van der Waals surface area contributed by atoms with Crippen LogP contribution in [0.4, 0.5) is 5.69 Å². The van der Waals surface area contributed by atoms with E-state index < -0.39 is 4.92 Å². The standard InChI is InChI=1S/C13H6Cl2N2O3/c14-9-2-4-13(12(5-9)17(18)19)20-10-3-1-8(7-16)11(15)6-10/h1-6H. The highest BCUT2D eigenvalue weighted by molar-refractivity contribution is 6.32. The van der Waals surface area contributed by atoms with Gasteiger partial charge in [0.05, 0.1) is 15.5 Å². The van der Waals surface area contributed by atoms with E-state index in [0.717, 1.165) is 0 Å². The Labute approximate surface area is 124 Å². The Hall–Kier alpha value is -2.29. The SMILES string of the molecule is N#Cc1ccc(Oc2ccc(Cl)cc2[N+](=O)[O-])cc1Cl. The van der Waals surface area contributed by atoms with Gasteiger partial charge in [0.15, 0.2) is 0 Å². The summed E-state index contributed by atoms with van der Waals surface area (Å²) in [7, 11) is 0. The van der Waals surface area contributed by atoms with E-state index in [2.05, 4.69) is 0 Å². The summed E-state index contributed by atoms with van der Waals surface area (Å²) in [5, 5.41) is 20.1. The van der Waals surface area contributed by atoms with Crippen molar-refractivity contribution in [2.45, 2.75) is 0 Å². The number of nitro groups is 1. The van der Waals surface area contributed by atoms with E-state index in [1.165, 1.54) is 36.4 Å². The molecule has 100 valence electrons. The molecule has 0 fully saturated rings. The van der Waals surface area contributed by atoms with Crippen LogP contribution >= 0.6 is 23.2 Å². The molecule has 7 heteroatoms. The van der Waals surface area contributed by atoms with Crippen LogP contribution in [0.5, 0.6) is 11.5 Å². The van der Waals surface area contributed by atoms with Crippen LogP contribution in [0.3, 0.4) is 0 Å². The number of nitriles is 1. The van der Waals surface area contributed by atoms with E-state index in [0.29, 0.717) is 11.3 Å². The predicted molar refractivity (Wildman–Crippen MR) is 74.3 cm³/mol. The van der Waals surface area contributed by atoms with E-state index in [1.54, 1.807) is 0 Å². The quantitative estimate of drug-likeness (QED) is 0.615. The van der Waals surface area contributed by atoms with Gasteiger partial charge in [-0.25, -0.2) is 0 Å². The predicted octanol–water partition coefficient (Wildman–Crippen LogP) is 4.57. The lowest BCUT2D eigenvalue weighted by atomic mass is 10.2. The van der Waals surface area contributed by atoms with Crippen LogP contribution in [-0.2, 0) is 0 Å². The molecule has 2 rings (SSSR count). The lowest BCUT2D eigenvalue weighted by Crippen LogP contribution is -1.93. The van der Waals surface area contributed by atoms with Crippen molar-refractivity contribution in [3.05, 3.63) is 62.1 Å². The number of hydrogen-bond acceptors (Lipinski definition) is 4. The first-order chi connectivity index (χ1) is 9.51. The Bertz CT molecular complexity index is 726. The monoisotopic (exact) mass is 308 g/mol. The fourth-order valence-corrected chi connectivity index (χ4v) is 1.88. The van der Waals surface area contributed by atoms with E-state index in [9.17, 15) is 10.1 Å². The Morgan fingerprint density at radius 1 is 1.20 bits per heavy atom. The van der Waals surface area contributed by atoms with Gasteiger partial charge >= 0.3 is 5.69 Å². The first-order valence-electron chi connectivity index (χ1n) is 5.32. The maximum Gasteiger partial charge on any atom is 0.313 e. The maximum absolute atomic E-state index is 10.9. The van der Waals surface area contributed by atoms with Crippen molar-refractivity contribution in [3.63, 3.8) is 0 Å². The van der Waals surface area contributed by atoms with Crippen LogP contribution in [0, 0.1) is 21.4 Å². The Kier molecular flexibility index (Phi) is 4.08. The Morgan fingerprint density at radius 2 is 1.95 bits per heavy atom. The molecule has 0 saturated heterocycles. The van der Waals surface area contributed by atoms with Gasteiger partial charge in [0.25, 0.3) is 0 Å².